The summed E-state index contributed by atoms with van der Waals surface area (Å²) >= 11 is 0. The first-order chi connectivity index (χ1) is 37.1. The van der Waals surface area contributed by atoms with E-state index in [9.17, 15) is 0 Å². The Morgan fingerprint density at radius 2 is 0.623 bits per heavy atom. The average Bonchev–Trinajstić information content (AvgIpc) is 4.24. The maximum absolute atomic E-state index is 2.68. The molecule has 0 saturated carbocycles. The summed E-state index contributed by atoms with van der Waals surface area (Å²) in [5.41, 5.74) is 31.2. The molecule has 0 saturated heterocycles. The first-order valence-electron chi connectivity index (χ1n) is 27.4. The molecular formula is C60H56B14N2S. The molecule has 2 heterocycles. The molecule has 0 N–H and O–H groups in total. The van der Waals surface area contributed by atoms with Gasteiger partial charge in [-0.15, -0.1) is 48.3 Å². The Morgan fingerprint density at radius 3 is 1.08 bits per heavy atom. The van der Waals surface area contributed by atoms with E-state index in [4.69, 9.17) is 0 Å². The number of nitrogens with zero attached hydrogens (tertiary/aromatic N) is 2. The van der Waals surface area contributed by atoms with Gasteiger partial charge in [0.05, 0.1) is 27.9 Å². The number of rotatable bonds is 8. The van der Waals surface area contributed by atoms with Crippen LogP contribution in [-0.2, 0) is 0 Å². The Labute approximate surface area is 469 Å². The second-order valence-electron chi connectivity index (χ2n) is 22.0. The normalized spacial score (nSPS) is 12.1. The average molecular weight is 989 g/mol. The fourth-order valence-electron chi connectivity index (χ4n) is 13.5. The molecule has 17 heteroatoms. The van der Waals surface area contributed by atoms with Crippen molar-refractivity contribution in [3.63, 3.8) is 0 Å². The van der Waals surface area contributed by atoms with Gasteiger partial charge in [-0.05, 0) is 83.9 Å². The lowest BCUT2D eigenvalue weighted by Crippen LogP contribution is -2.55. The summed E-state index contributed by atoms with van der Waals surface area (Å²) in [6.45, 7) is 0. The number of hydrogen-bond acceptors (Lipinski definition) is 0. The van der Waals surface area contributed by atoms with Gasteiger partial charge in [0.2, 0.25) is 0 Å². The lowest BCUT2D eigenvalue weighted by molar-refractivity contribution is 1.16. The van der Waals surface area contributed by atoms with Crippen molar-refractivity contribution in [2.24, 2.45) is 0 Å². The first kappa shape index (κ1) is 50.9. The Balaban J connectivity index is 1.36. The molecule has 12 aromatic rings. The number of para-hydroxylation sites is 2. The van der Waals surface area contributed by atoms with Crippen LogP contribution in [0.15, 0.2) is 189 Å². The molecule has 354 valence electrons. The van der Waals surface area contributed by atoms with Gasteiger partial charge in [-0.25, -0.2) is 0 Å². The van der Waals surface area contributed by atoms with E-state index in [1.54, 1.807) is 0 Å². The molecule has 0 aliphatic carbocycles. The van der Waals surface area contributed by atoms with Crippen LogP contribution < -0.4 is 76.5 Å². The van der Waals surface area contributed by atoms with E-state index in [2.05, 4.69) is 289 Å². The van der Waals surface area contributed by atoms with Gasteiger partial charge in [0.15, 0.2) is 0 Å². The Bertz CT molecular complexity index is 4200. The third-order valence-electron chi connectivity index (χ3n) is 18.7. The van der Waals surface area contributed by atoms with Crippen LogP contribution in [0.1, 0.15) is 0 Å². The monoisotopic (exact) mass is 991 g/mol. The third kappa shape index (κ3) is 7.39. The van der Waals surface area contributed by atoms with Crippen molar-refractivity contribution in [1.29, 1.82) is 0 Å². The minimum Gasteiger partial charge on any atom is -0.309 e. The van der Waals surface area contributed by atoms with Crippen LogP contribution in [0.25, 0.3) is 77.2 Å². The predicted molar refractivity (Wildman–Crippen MR) is 380 cm³/mol. The molecule has 2 nitrogen and oxygen atoms in total. The fraction of sp³-hybridized carbons (Fsp3) is 0. The lowest BCUT2D eigenvalue weighted by atomic mass is 9.58. The topological polar surface area (TPSA) is 9.86 Å². The Morgan fingerprint density at radius 1 is 0.273 bits per heavy atom. The zero-order chi connectivity index (χ0) is 53.9. The van der Waals surface area contributed by atoms with Crippen molar-refractivity contribution < 1.29 is 0 Å². The van der Waals surface area contributed by atoms with Crippen molar-refractivity contribution in [3.8, 4) is 33.6 Å². The molecule has 0 amide bonds. The quantitative estimate of drug-likeness (QED) is 0.134. The SMILES string of the molecule is Bc1c(B)c(B)c(-c2cc(S(c3ccccc3)(c3ccccc3)c3ccccc3)cc(-c3c(B)c(B)c(B)c(B)c3B)c2-n2c3ccccc3c3c(-n4c5ccccc5c5c(B)c(B)c(B)c(B)c54)cccc32)c(B)c1B. The third-order valence-corrected chi connectivity index (χ3v) is 22.6. The Hall–Kier alpha value is -6.94. The number of hydrogen-bond donors (Lipinski definition) is 0. The van der Waals surface area contributed by atoms with Crippen molar-refractivity contribution in [2.45, 2.75) is 19.6 Å². The molecule has 77 heavy (non-hydrogen) atoms. The molecule has 0 bridgehead atoms. The fourth-order valence-corrected chi connectivity index (χ4v) is 17.4. The summed E-state index contributed by atoms with van der Waals surface area (Å²) in [5.74, 6) is 0. The summed E-state index contributed by atoms with van der Waals surface area (Å²) < 4.78 is 5.28. The molecular weight excluding hydrogens is 932 g/mol. The van der Waals surface area contributed by atoms with Gasteiger partial charge in [-0.3, -0.25) is 0 Å². The van der Waals surface area contributed by atoms with Crippen LogP contribution in [0.3, 0.4) is 0 Å². The zero-order valence-electron chi connectivity index (χ0n) is 47.5. The van der Waals surface area contributed by atoms with E-state index < -0.39 is 10.0 Å². The highest BCUT2D eigenvalue weighted by atomic mass is 32.3. The van der Waals surface area contributed by atoms with Crippen LogP contribution >= 0.6 is 10.0 Å². The maximum atomic E-state index is 2.68. The van der Waals surface area contributed by atoms with Crippen molar-refractivity contribution in [2.75, 3.05) is 0 Å². The van der Waals surface area contributed by atoms with E-state index in [0.29, 0.717) is 0 Å². The van der Waals surface area contributed by atoms with E-state index in [1.165, 1.54) is 173 Å². The minimum absolute atomic E-state index is 1.18. The van der Waals surface area contributed by atoms with Crippen molar-refractivity contribution >= 4 is 240 Å². The van der Waals surface area contributed by atoms with Gasteiger partial charge in [-0.2, -0.15) is 0 Å². The summed E-state index contributed by atoms with van der Waals surface area (Å²) in [4.78, 5) is 5.22. The summed E-state index contributed by atoms with van der Waals surface area (Å²) in [6, 6.07) is 64.9. The highest BCUT2D eigenvalue weighted by molar-refractivity contribution is 8.34. The summed E-state index contributed by atoms with van der Waals surface area (Å²) in [5, 5.41) is 5.11. The van der Waals surface area contributed by atoms with Crippen LogP contribution in [0.5, 0.6) is 0 Å². The van der Waals surface area contributed by atoms with Gasteiger partial charge in [0.25, 0.3) is 0 Å². The van der Waals surface area contributed by atoms with E-state index >= 15 is 0 Å². The van der Waals surface area contributed by atoms with Gasteiger partial charge >= 0.3 is 0 Å². The molecule has 2 aromatic heterocycles. The highest BCUT2D eigenvalue weighted by Gasteiger charge is 2.37. The number of benzene rings is 10. The minimum atomic E-state index is -2.16. The maximum Gasteiger partial charge on any atom is 0.141 e. The molecule has 0 spiro atoms. The molecule has 0 unspecified atom stereocenters. The van der Waals surface area contributed by atoms with E-state index in [1.807, 2.05) is 0 Å². The second-order valence-corrected chi connectivity index (χ2v) is 25.1. The van der Waals surface area contributed by atoms with E-state index in [0.717, 1.165) is 0 Å². The summed E-state index contributed by atoms with van der Waals surface area (Å²) in [6.07, 6.45) is 0. The number of aromatic nitrogens is 2. The summed E-state index contributed by atoms with van der Waals surface area (Å²) in [7, 11) is 30.6. The van der Waals surface area contributed by atoms with Crippen LogP contribution in [-0.4, -0.2) is 119 Å². The highest BCUT2D eigenvalue weighted by Crippen LogP contribution is 2.74. The van der Waals surface area contributed by atoms with Crippen molar-refractivity contribution in [1.82, 2.24) is 9.13 Å². The zero-order valence-corrected chi connectivity index (χ0v) is 48.3. The second kappa shape index (κ2) is 19.2. The molecule has 10 aromatic carbocycles. The van der Waals surface area contributed by atoms with Crippen LogP contribution in [0, 0.1) is 0 Å². The molecule has 0 aliphatic heterocycles. The van der Waals surface area contributed by atoms with Gasteiger partial charge < -0.3 is 9.13 Å². The number of fused-ring (bicyclic) bond motifs is 6. The molecule has 0 atom stereocenters. The lowest BCUT2D eigenvalue weighted by Gasteiger charge is -2.43. The standard InChI is InChI=1S/C60H56B14N2S/c61-45-42(46(62)51(67)55(71)50(45)66)35-27-32(77(29-15-4-1-5-16-29,30-17-6-2-7-18-30)31-19-8-3-9-20-31)28-36(43-47(63)52(68)56(72)53(69)48(43)64)59(35)75-37-23-12-10-21-33(37)41-39(75)25-14-26-40(41)76-38-24-13-11-22-34(38)44-49(65)54(70)57(73)58(74)60(44)76/h1-28H,61-74H2. The predicted octanol–water partition coefficient (Wildman–Crippen LogP) is -7.83. The Kier molecular flexibility index (Phi) is 12.7. The first-order valence-corrected chi connectivity index (χ1v) is 29.1. The van der Waals surface area contributed by atoms with Gasteiger partial charge in [0.1, 0.15) is 110 Å². The largest absolute Gasteiger partial charge is 0.309 e. The van der Waals surface area contributed by atoms with Gasteiger partial charge in [-0.1, -0.05) is 135 Å². The van der Waals surface area contributed by atoms with Crippen LogP contribution in [0.4, 0.5) is 0 Å². The molecule has 12 rings (SSSR count). The van der Waals surface area contributed by atoms with Crippen LogP contribution in [0.2, 0.25) is 0 Å². The molecule has 0 fully saturated rings. The van der Waals surface area contributed by atoms with Gasteiger partial charge in [0, 0.05) is 57.8 Å². The molecule has 0 radical (unpaired) electrons. The molecule has 0 aliphatic rings. The van der Waals surface area contributed by atoms with Crippen molar-refractivity contribution in [3.05, 3.63) is 170 Å². The van der Waals surface area contributed by atoms with E-state index in [-0.39, 0.29) is 0 Å². The smallest absolute Gasteiger partial charge is 0.141 e.